The molecular weight excluding hydrogens is 184 g/mol. The van der Waals surface area contributed by atoms with E-state index in [1.54, 1.807) is 0 Å². The van der Waals surface area contributed by atoms with Crippen LogP contribution in [-0.4, -0.2) is 44.8 Å². The lowest BCUT2D eigenvalue weighted by Crippen LogP contribution is -2.17. The van der Waals surface area contributed by atoms with Crippen LogP contribution in [0.25, 0.3) is 0 Å². The van der Waals surface area contributed by atoms with Crippen molar-refractivity contribution in [2.75, 3.05) is 0 Å². The van der Waals surface area contributed by atoms with E-state index in [1.165, 1.54) is 0 Å². The highest BCUT2D eigenvalue weighted by molar-refractivity contribution is 4.74. The third-order valence-corrected chi connectivity index (χ3v) is 2.82. The van der Waals surface area contributed by atoms with Crippen LogP contribution in [0.1, 0.15) is 38.5 Å². The van der Waals surface area contributed by atoms with E-state index in [1.807, 2.05) is 0 Å². The molecule has 0 heterocycles. The van der Waals surface area contributed by atoms with E-state index < -0.39 is 12.2 Å². The van der Waals surface area contributed by atoms with Gasteiger partial charge in [0.2, 0.25) is 0 Å². The molecule has 2 aliphatic rings. The second-order valence-corrected chi connectivity index (χ2v) is 4.19. The Kier molecular flexibility index (Phi) is 4.81. The monoisotopic (exact) mass is 204 g/mol. The molecule has 4 atom stereocenters. The molecule has 4 heteroatoms. The van der Waals surface area contributed by atoms with Gasteiger partial charge in [0.15, 0.2) is 0 Å². The lowest BCUT2D eigenvalue weighted by atomic mass is 10.3. The maximum atomic E-state index is 8.75. The molecule has 0 saturated heterocycles. The van der Waals surface area contributed by atoms with Gasteiger partial charge >= 0.3 is 0 Å². The van der Waals surface area contributed by atoms with E-state index in [9.17, 15) is 0 Å². The van der Waals surface area contributed by atoms with Gasteiger partial charge in [-0.3, -0.25) is 0 Å². The van der Waals surface area contributed by atoms with E-state index in [0.29, 0.717) is 6.42 Å². The van der Waals surface area contributed by atoms with Gasteiger partial charge in [0.1, 0.15) is 0 Å². The molecule has 2 saturated carbocycles. The van der Waals surface area contributed by atoms with Crippen molar-refractivity contribution < 1.29 is 20.4 Å². The average Bonchev–Trinajstić information content (AvgIpc) is 2.65. The second-order valence-electron chi connectivity index (χ2n) is 4.19. The standard InChI is InChI=1S/2C5H10O2/c6-4-1-2-5(7)3-4;6-4-2-1-3-5(4)7/h2*4-7H,1-3H2. The van der Waals surface area contributed by atoms with Crippen molar-refractivity contribution in [3.63, 3.8) is 0 Å². The van der Waals surface area contributed by atoms with Gasteiger partial charge < -0.3 is 20.4 Å². The first-order valence-corrected chi connectivity index (χ1v) is 5.32. The summed E-state index contributed by atoms with van der Waals surface area (Å²) in [5.41, 5.74) is 0. The van der Waals surface area contributed by atoms with Gasteiger partial charge in [0, 0.05) is 0 Å². The lowest BCUT2D eigenvalue weighted by molar-refractivity contribution is 0.0438. The predicted octanol–water partition coefficient (Wildman–Crippen LogP) is -0.216. The van der Waals surface area contributed by atoms with Crippen LogP contribution >= 0.6 is 0 Å². The fourth-order valence-electron chi connectivity index (χ4n) is 1.86. The molecule has 0 spiro atoms. The summed E-state index contributed by atoms with van der Waals surface area (Å²) in [7, 11) is 0. The molecule has 4 unspecified atom stereocenters. The highest BCUT2D eigenvalue weighted by Crippen LogP contribution is 2.18. The molecule has 84 valence electrons. The first-order valence-electron chi connectivity index (χ1n) is 5.32. The first-order chi connectivity index (χ1) is 6.59. The summed E-state index contributed by atoms with van der Waals surface area (Å²) in [6.45, 7) is 0. The van der Waals surface area contributed by atoms with Crippen LogP contribution in [0.4, 0.5) is 0 Å². The molecule has 2 rings (SSSR count). The molecule has 4 N–H and O–H groups in total. The lowest BCUT2D eigenvalue weighted by Gasteiger charge is -2.03. The minimum absolute atomic E-state index is 0.227. The Morgan fingerprint density at radius 3 is 1.21 bits per heavy atom. The maximum absolute atomic E-state index is 8.75. The number of rotatable bonds is 0. The van der Waals surface area contributed by atoms with Crippen LogP contribution in [0.15, 0.2) is 0 Å². The van der Waals surface area contributed by atoms with E-state index in [0.717, 1.165) is 32.1 Å². The van der Waals surface area contributed by atoms with Crippen molar-refractivity contribution >= 4 is 0 Å². The molecule has 14 heavy (non-hydrogen) atoms. The molecule has 2 aliphatic carbocycles. The summed E-state index contributed by atoms with van der Waals surface area (Å²) < 4.78 is 0. The fourth-order valence-corrected chi connectivity index (χ4v) is 1.86. The molecule has 2 fully saturated rings. The minimum Gasteiger partial charge on any atom is -0.393 e. The van der Waals surface area contributed by atoms with Crippen LogP contribution in [-0.2, 0) is 0 Å². The third-order valence-electron chi connectivity index (χ3n) is 2.82. The van der Waals surface area contributed by atoms with Gasteiger partial charge in [-0.15, -0.1) is 0 Å². The number of hydrogen-bond acceptors (Lipinski definition) is 4. The molecule has 4 nitrogen and oxygen atoms in total. The molecule has 0 aromatic rings. The van der Waals surface area contributed by atoms with E-state index >= 15 is 0 Å². The van der Waals surface area contributed by atoms with Crippen LogP contribution in [0.5, 0.6) is 0 Å². The molecule has 0 bridgehead atoms. The highest BCUT2D eigenvalue weighted by Gasteiger charge is 2.21. The van der Waals surface area contributed by atoms with E-state index in [2.05, 4.69) is 0 Å². The van der Waals surface area contributed by atoms with Crippen molar-refractivity contribution in [2.45, 2.75) is 62.9 Å². The first kappa shape index (κ1) is 11.9. The van der Waals surface area contributed by atoms with Crippen molar-refractivity contribution in [2.24, 2.45) is 0 Å². The summed E-state index contributed by atoms with van der Waals surface area (Å²) in [5.74, 6) is 0. The summed E-state index contributed by atoms with van der Waals surface area (Å²) in [6, 6.07) is 0. The van der Waals surface area contributed by atoms with Gasteiger partial charge in [-0.1, -0.05) is 0 Å². The Balaban J connectivity index is 0.000000140. The van der Waals surface area contributed by atoms with Gasteiger partial charge in [-0.25, -0.2) is 0 Å². The number of aliphatic hydroxyl groups is 4. The third kappa shape index (κ3) is 3.92. The summed E-state index contributed by atoms with van der Waals surface area (Å²) in [4.78, 5) is 0. The van der Waals surface area contributed by atoms with Gasteiger partial charge in [0.05, 0.1) is 24.4 Å². The van der Waals surface area contributed by atoms with Crippen LogP contribution < -0.4 is 0 Å². The summed E-state index contributed by atoms with van der Waals surface area (Å²) in [5, 5.41) is 35.0. The Morgan fingerprint density at radius 1 is 0.643 bits per heavy atom. The van der Waals surface area contributed by atoms with Gasteiger partial charge in [-0.2, -0.15) is 0 Å². The van der Waals surface area contributed by atoms with Crippen LogP contribution in [0, 0.1) is 0 Å². The largest absolute Gasteiger partial charge is 0.393 e. The molecule has 0 aromatic heterocycles. The van der Waals surface area contributed by atoms with E-state index in [-0.39, 0.29) is 12.2 Å². The number of aliphatic hydroxyl groups excluding tert-OH is 4. The van der Waals surface area contributed by atoms with Crippen molar-refractivity contribution in [3.8, 4) is 0 Å². The van der Waals surface area contributed by atoms with Crippen molar-refractivity contribution in [1.29, 1.82) is 0 Å². The van der Waals surface area contributed by atoms with E-state index in [4.69, 9.17) is 20.4 Å². The minimum atomic E-state index is -0.431. The molecule has 0 amide bonds. The highest BCUT2D eigenvalue weighted by atomic mass is 16.3. The number of hydrogen-bond donors (Lipinski definition) is 4. The second kappa shape index (κ2) is 5.66. The average molecular weight is 204 g/mol. The molecule has 0 radical (unpaired) electrons. The van der Waals surface area contributed by atoms with Crippen molar-refractivity contribution in [1.82, 2.24) is 0 Å². The quantitative estimate of drug-likeness (QED) is 0.440. The SMILES string of the molecule is OC1CCC(O)C1.OC1CCCC1O. The smallest absolute Gasteiger partial charge is 0.0799 e. The maximum Gasteiger partial charge on any atom is 0.0799 e. The van der Waals surface area contributed by atoms with Gasteiger partial charge in [-0.05, 0) is 38.5 Å². The van der Waals surface area contributed by atoms with Crippen LogP contribution in [0.3, 0.4) is 0 Å². The molecule has 0 aliphatic heterocycles. The Bertz CT molecular complexity index is 146. The van der Waals surface area contributed by atoms with Crippen LogP contribution in [0.2, 0.25) is 0 Å². The molecular formula is C10H20O4. The zero-order valence-electron chi connectivity index (χ0n) is 8.34. The summed E-state index contributed by atoms with van der Waals surface area (Å²) >= 11 is 0. The van der Waals surface area contributed by atoms with Crippen molar-refractivity contribution in [3.05, 3.63) is 0 Å². The summed E-state index contributed by atoms with van der Waals surface area (Å²) in [6.07, 6.45) is 3.36. The Labute approximate surface area is 84.2 Å². The fraction of sp³-hybridized carbons (Fsp3) is 1.00. The predicted molar refractivity (Wildman–Crippen MR) is 51.7 cm³/mol. The van der Waals surface area contributed by atoms with Gasteiger partial charge in [0.25, 0.3) is 0 Å². The normalized spacial score (nSPS) is 42.0. The Hall–Kier alpha value is -0.160. The Morgan fingerprint density at radius 2 is 1.07 bits per heavy atom. The molecule has 0 aromatic carbocycles. The zero-order chi connectivity index (χ0) is 10.6. The topological polar surface area (TPSA) is 80.9 Å². The zero-order valence-corrected chi connectivity index (χ0v) is 8.34.